The Bertz CT molecular complexity index is 1020. The maximum Gasteiger partial charge on any atom is 0.336 e. The lowest BCUT2D eigenvalue weighted by Crippen LogP contribution is -2.36. The number of rotatable bonds is 5. The zero-order valence-electron chi connectivity index (χ0n) is 17.4. The van der Waals surface area contributed by atoms with Gasteiger partial charge in [-0.3, -0.25) is 4.79 Å². The number of hydrogen-bond donors (Lipinski definition) is 1. The molecule has 6 heteroatoms. The molecule has 0 saturated carbocycles. The number of thioether (sulfide) groups is 1. The number of furan rings is 1. The lowest BCUT2D eigenvalue weighted by Gasteiger charge is -2.36. The molecule has 0 spiro atoms. The summed E-state index contributed by atoms with van der Waals surface area (Å²) in [5, 5.41) is 3.34. The van der Waals surface area contributed by atoms with Crippen molar-refractivity contribution in [2.45, 2.75) is 43.4 Å². The topological polar surface area (TPSA) is 68.5 Å². The van der Waals surface area contributed by atoms with Crippen LogP contribution in [0.25, 0.3) is 0 Å². The Morgan fingerprint density at radius 3 is 2.63 bits per heavy atom. The summed E-state index contributed by atoms with van der Waals surface area (Å²) in [5.74, 6) is 0.0409. The Balaban J connectivity index is 1.80. The third kappa shape index (κ3) is 3.72. The average Bonchev–Trinajstić information content (AvgIpc) is 3.28. The lowest BCUT2D eigenvalue weighted by atomic mass is 9.72. The number of benzene rings is 1. The van der Waals surface area contributed by atoms with Crippen molar-refractivity contribution in [2.24, 2.45) is 0 Å². The van der Waals surface area contributed by atoms with Gasteiger partial charge in [0.25, 0.3) is 0 Å². The second-order valence-corrected chi connectivity index (χ2v) is 8.41. The van der Waals surface area contributed by atoms with Gasteiger partial charge in [0, 0.05) is 40.1 Å². The molecule has 0 unspecified atom stereocenters. The Hall–Kier alpha value is -2.73. The van der Waals surface area contributed by atoms with Crippen LogP contribution in [0, 0.1) is 0 Å². The number of dihydropyridines is 1. The summed E-state index contributed by atoms with van der Waals surface area (Å²) in [7, 11) is 0. The Kier molecular flexibility index (Phi) is 5.86. The van der Waals surface area contributed by atoms with Crippen LogP contribution in [-0.4, -0.2) is 24.6 Å². The molecule has 2 heterocycles. The molecule has 0 amide bonds. The van der Waals surface area contributed by atoms with E-state index >= 15 is 0 Å². The predicted octanol–water partition coefficient (Wildman–Crippen LogP) is 4.93. The van der Waals surface area contributed by atoms with Gasteiger partial charge in [0.2, 0.25) is 0 Å². The van der Waals surface area contributed by atoms with Gasteiger partial charge in [0.1, 0.15) is 5.76 Å². The first-order chi connectivity index (χ1) is 14.5. The minimum absolute atomic E-state index is 0.00443. The molecule has 0 radical (unpaired) electrons. The number of nitrogens with one attached hydrogen (secondary N) is 1. The number of carbonyl (C=O) groups is 2. The number of allylic oxidation sites excluding steroid dienone is 3. The van der Waals surface area contributed by atoms with E-state index in [9.17, 15) is 9.59 Å². The molecule has 2 atom stereocenters. The van der Waals surface area contributed by atoms with Crippen molar-refractivity contribution in [1.82, 2.24) is 5.32 Å². The van der Waals surface area contributed by atoms with Gasteiger partial charge in [0.15, 0.2) is 5.78 Å². The van der Waals surface area contributed by atoms with Crippen LogP contribution in [0.5, 0.6) is 0 Å². The maximum atomic E-state index is 13.4. The number of esters is 1. The van der Waals surface area contributed by atoms with Crippen molar-refractivity contribution in [3.8, 4) is 0 Å². The summed E-state index contributed by atoms with van der Waals surface area (Å²) in [5.41, 5.74) is 3.71. The van der Waals surface area contributed by atoms with Gasteiger partial charge in [-0.2, -0.15) is 0 Å². The molecule has 1 aromatic carbocycles. The van der Waals surface area contributed by atoms with Crippen LogP contribution < -0.4 is 5.32 Å². The van der Waals surface area contributed by atoms with Crippen molar-refractivity contribution < 1.29 is 18.7 Å². The van der Waals surface area contributed by atoms with E-state index in [1.54, 1.807) is 24.9 Å². The highest BCUT2D eigenvalue weighted by Crippen LogP contribution is 2.45. The second-order valence-electron chi connectivity index (χ2n) is 7.53. The number of ketones is 1. The van der Waals surface area contributed by atoms with Gasteiger partial charge in [-0.15, -0.1) is 11.8 Å². The molecule has 1 aliphatic heterocycles. The Morgan fingerprint density at radius 2 is 2.00 bits per heavy atom. The van der Waals surface area contributed by atoms with Crippen LogP contribution in [0.1, 0.15) is 49.8 Å². The van der Waals surface area contributed by atoms with E-state index < -0.39 is 5.92 Å². The summed E-state index contributed by atoms with van der Waals surface area (Å²) >= 11 is 1.66. The van der Waals surface area contributed by atoms with E-state index in [0.717, 1.165) is 27.6 Å². The number of Topliss-reactive ketones (excluding diaryl/α,β-unsaturated/α-hetero) is 1. The van der Waals surface area contributed by atoms with Crippen molar-refractivity contribution in [3.63, 3.8) is 0 Å². The SMILES string of the molecule is CCOC(=O)C1=C(C)NC2=C(C(=O)C[C@H](c3ccco3)C2)[C@@H]1c1ccc(SC)cc1. The van der Waals surface area contributed by atoms with Crippen molar-refractivity contribution in [3.05, 3.63) is 76.5 Å². The first-order valence-electron chi connectivity index (χ1n) is 10.1. The molecule has 4 rings (SSSR count). The summed E-state index contributed by atoms with van der Waals surface area (Å²) in [6.07, 6.45) is 4.69. The second kappa shape index (κ2) is 8.56. The third-order valence-electron chi connectivity index (χ3n) is 5.72. The summed E-state index contributed by atoms with van der Waals surface area (Å²) < 4.78 is 10.9. The molecule has 5 nitrogen and oxygen atoms in total. The molecule has 0 fully saturated rings. The zero-order valence-corrected chi connectivity index (χ0v) is 18.2. The number of hydrogen-bond acceptors (Lipinski definition) is 6. The normalized spacial score (nSPS) is 21.4. The van der Waals surface area contributed by atoms with E-state index in [-0.39, 0.29) is 24.3 Å². The van der Waals surface area contributed by atoms with Crippen LogP contribution >= 0.6 is 11.8 Å². The molecule has 0 saturated heterocycles. The molecular weight excluding hydrogens is 398 g/mol. The highest BCUT2D eigenvalue weighted by Gasteiger charge is 2.41. The summed E-state index contributed by atoms with van der Waals surface area (Å²) in [4.78, 5) is 27.4. The van der Waals surface area contributed by atoms with Crippen molar-refractivity contribution >= 4 is 23.5 Å². The fourth-order valence-electron chi connectivity index (χ4n) is 4.37. The van der Waals surface area contributed by atoms with E-state index in [0.29, 0.717) is 24.0 Å². The smallest absolute Gasteiger partial charge is 0.336 e. The minimum atomic E-state index is -0.429. The minimum Gasteiger partial charge on any atom is -0.469 e. The summed E-state index contributed by atoms with van der Waals surface area (Å²) in [6, 6.07) is 11.8. The van der Waals surface area contributed by atoms with Crippen molar-refractivity contribution in [1.29, 1.82) is 0 Å². The average molecular weight is 424 g/mol. The largest absolute Gasteiger partial charge is 0.469 e. The molecule has 2 aliphatic rings. The van der Waals surface area contributed by atoms with Crippen LogP contribution in [-0.2, 0) is 14.3 Å². The Morgan fingerprint density at radius 1 is 1.23 bits per heavy atom. The van der Waals surface area contributed by atoms with E-state index in [2.05, 4.69) is 5.32 Å². The zero-order chi connectivity index (χ0) is 21.3. The number of carbonyl (C=O) groups excluding carboxylic acids is 2. The highest BCUT2D eigenvalue weighted by atomic mass is 32.2. The summed E-state index contributed by atoms with van der Waals surface area (Å²) in [6.45, 7) is 3.95. The van der Waals surface area contributed by atoms with E-state index in [4.69, 9.17) is 9.15 Å². The first kappa shape index (κ1) is 20.5. The third-order valence-corrected chi connectivity index (χ3v) is 6.46. The van der Waals surface area contributed by atoms with Gasteiger partial charge in [-0.25, -0.2) is 4.79 Å². The Labute approximate surface area is 180 Å². The molecule has 1 aromatic heterocycles. The predicted molar refractivity (Wildman–Crippen MR) is 116 cm³/mol. The van der Waals surface area contributed by atoms with Gasteiger partial charge in [-0.05, 0) is 56.4 Å². The maximum absolute atomic E-state index is 13.4. The van der Waals surface area contributed by atoms with Crippen molar-refractivity contribution in [2.75, 3.05) is 12.9 Å². The quantitative estimate of drug-likeness (QED) is 0.543. The van der Waals surface area contributed by atoms with E-state index in [1.807, 2.05) is 49.6 Å². The highest BCUT2D eigenvalue weighted by molar-refractivity contribution is 7.98. The molecule has 156 valence electrons. The molecular formula is C24H25NO4S. The van der Waals surface area contributed by atoms with E-state index in [1.165, 1.54) is 0 Å². The van der Waals surface area contributed by atoms with Gasteiger partial charge in [0.05, 0.1) is 18.4 Å². The lowest BCUT2D eigenvalue weighted by molar-refractivity contribution is -0.138. The fourth-order valence-corrected chi connectivity index (χ4v) is 4.78. The molecule has 1 N–H and O–H groups in total. The molecule has 30 heavy (non-hydrogen) atoms. The van der Waals surface area contributed by atoms with Crippen LogP contribution in [0.15, 0.2) is 74.5 Å². The standard InChI is InChI=1S/C24H25NO4S/c1-4-28-24(27)21-14(2)25-18-12-16(20-6-5-11-29-20)13-19(26)23(18)22(21)15-7-9-17(30-3)10-8-15/h5-11,16,22,25H,4,12-13H2,1-3H3/t16-,22-/m1/s1. The van der Waals surface area contributed by atoms with Crippen LogP contribution in [0.2, 0.25) is 0 Å². The van der Waals surface area contributed by atoms with Gasteiger partial charge < -0.3 is 14.5 Å². The van der Waals surface area contributed by atoms with Crippen LogP contribution in [0.4, 0.5) is 0 Å². The molecule has 1 aliphatic carbocycles. The fraction of sp³-hybridized carbons (Fsp3) is 0.333. The van der Waals surface area contributed by atoms with Crippen LogP contribution in [0.3, 0.4) is 0 Å². The van der Waals surface area contributed by atoms with Gasteiger partial charge >= 0.3 is 5.97 Å². The first-order valence-corrected chi connectivity index (χ1v) is 11.3. The molecule has 0 bridgehead atoms. The monoisotopic (exact) mass is 423 g/mol. The molecule has 2 aromatic rings. The van der Waals surface area contributed by atoms with Gasteiger partial charge in [-0.1, -0.05) is 12.1 Å². The number of ether oxygens (including phenoxy) is 1.